The number of fused-ring (bicyclic) bond motifs is 2. The van der Waals surface area contributed by atoms with Crippen molar-refractivity contribution in [1.82, 2.24) is 9.78 Å². The molecule has 0 amide bonds. The molecule has 4 atom stereocenters. The van der Waals surface area contributed by atoms with E-state index in [0.29, 0.717) is 17.8 Å². The Morgan fingerprint density at radius 1 is 1.35 bits per heavy atom. The SMILES string of the molecule is Cc1cc(C)n(C(=O)C2C3C=CC(C3)C2C)n1. The summed E-state index contributed by atoms with van der Waals surface area (Å²) in [5.41, 5.74) is 1.87. The first-order valence-electron chi connectivity index (χ1n) is 6.33. The van der Waals surface area contributed by atoms with Gasteiger partial charge in [0.15, 0.2) is 0 Å². The molecule has 0 aromatic carbocycles. The van der Waals surface area contributed by atoms with E-state index in [1.165, 1.54) is 0 Å². The van der Waals surface area contributed by atoms with Gasteiger partial charge in [0.2, 0.25) is 0 Å². The van der Waals surface area contributed by atoms with Crippen LogP contribution in [0.5, 0.6) is 0 Å². The van der Waals surface area contributed by atoms with Gasteiger partial charge in [-0.2, -0.15) is 5.10 Å². The van der Waals surface area contributed by atoms with Crippen LogP contribution >= 0.6 is 0 Å². The molecule has 4 unspecified atom stereocenters. The molecule has 1 heterocycles. The Hall–Kier alpha value is -1.38. The van der Waals surface area contributed by atoms with Crippen LogP contribution in [0.25, 0.3) is 0 Å². The Balaban J connectivity index is 1.93. The second-order valence-corrected chi connectivity index (χ2v) is 5.51. The van der Waals surface area contributed by atoms with E-state index in [4.69, 9.17) is 0 Å². The Bertz CT molecular complexity index is 500. The van der Waals surface area contributed by atoms with Crippen LogP contribution in [-0.2, 0) is 0 Å². The minimum Gasteiger partial charge on any atom is -0.272 e. The average molecular weight is 230 g/mol. The van der Waals surface area contributed by atoms with Gasteiger partial charge in [0, 0.05) is 11.6 Å². The number of hydrogen-bond donors (Lipinski definition) is 0. The summed E-state index contributed by atoms with van der Waals surface area (Å²) < 4.78 is 1.60. The van der Waals surface area contributed by atoms with Gasteiger partial charge in [-0.3, -0.25) is 4.79 Å². The molecule has 1 aromatic heterocycles. The average Bonchev–Trinajstić information content (AvgIpc) is 2.92. The number of allylic oxidation sites excluding steroid dienone is 2. The van der Waals surface area contributed by atoms with Crippen LogP contribution in [0.3, 0.4) is 0 Å². The number of rotatable bonds is 1. The molecule has 0 radical (unpaired) electrons. The topological polar surface area (TPSA) is 34.9 Å². The third kappa shape index (κ3) is 1.48. The highest BCUT2D eigenvalue weighted by Gasteiger charge is 2.46. The molecule has 2 aliphatic rings. The van der Waals surface area contributed by atoms with Crippen LogP contribution in [0, 0.1) is 37.5 Å². The predicted molar refractivity (Wildman–Crippen MR) is 65.7 cm³/mol. The first kappa shape index (κ1) is 10.8. The molecule has 0 saturated heterocycles. The summed E-state index contributed by atoms with van der Waals surface area (Å²) >= 11 is 0. The van der Waals surface area contributed by atoms with Gasteiger partial charge in [-0.25, -0.2) is 4.68 Å². The molecule has 17 heavy (non-hydrogen) atoms. The lowest BCUT2D eigenvalue weighted by Gasteiger charge is -2.23. The van der Waals surface area contributed by atoms with Gasteiger partial charge in [0.1, 0.15) is 0 Å². The zero-order valence-corrected chi connectivity index (χ0v) is 10.6. The Morgan fingerprint density at radius 3 is 2.59 bits per heavy atom. The van der Waals surface area contributed by atoms with E-state index in [1.54, 1.807) is 4.68 Å². The highest BCUT2D eigenvalue weighted by Crippen LogP contribution is 2.48. The van der Waals surface area contributed by atoms with Crippen molar-refractivity contribution >= 4 is 5.91 Å². The molecule has 90 valence electrons. The molecule has 3 rings (SSSR count). The van der Waals surface area contributed by atoms with E-state index in [-0.39, 0.29) is 11.8 Å². The molecular weight excluding hydrogens is 212 g/mol. The first-order valence-corrected chi connectivity index (χ1v) is 6.33. The summed E-state index contributed by atoms with van der Waals surface area (Å²) in [6, 6.07) is 1.96. The fraction of sp³-hybridized carbons (Fsp3) is 0.571. The molecule has 2 aliphatic carbocycles. The molecule has 1 saturated carbocycles. The molecule has 3 heteroatoms. The van der Waals surface area contributed by atoms with Crippen LogP contribution in [0.2, 0.25) is 0 Å². The summed E-state index contributed by atoms with van der Waals surface area (Å²) in [5.74, 6) is 1.81. The number of nitrogens with zero attached hydrogens (tertiary/aromatic N) is 2. The van der Waals surface area contributed by atoms with Crippen LogP contribution in [0.15, 0.2) is 18.2 Å². The summed E-state index contributed by atoms with van der Waals surface area (Å²) in [6.07, 6.45) is 5.65. The van der Waals surface area contributed by atoms with Gasteiger partial charge in [-0.1, -0.05) is 19.1 Å². The lowest BCUT2D eigenvalue weighted by atomic mass is 9.84. The first-order chi connectivity index (χ1) is 8.08. The van der Waals surface area contributed by atoms with Gasteiger partial charge in [0.05, 0.1) is 5.69 Å². The minimum absolute atomic E-state index is 0.128. The third-order valence-corrected chi connectivity index (χ3v) is 4.36. The molecule has 0 spiro atoms. The molecular formula is C14H18N2O. The third-order valence-electron chi connectivity index (χ3n) is 4.36. The van der Waals surface area contributed by atoms with Crippen LogP contribution in [0.4, 0.5) is 0 Å². The van der Waals surface area contributed by atoms with Crippen molar-refractivity contribution in [3.8, 4) is 0 Å². The smallest absolute Gasteiger partial charge is 0.251 e. The number of aromatic nitrogens is 2. The maximum Gasteiger partial charge on any atom is 0.251 e. The number of hydrogen-bond acceptors (Lipinski definition) is 2. The summed E-state index contributed by atoms with van der Waals surface area (Å²) in [7, 11) is 0. The predicted octanol–water partition coefficient (Wildman–Crippen LogP) is 2.60. The van der Waals surface area contributed by atoms with E-state index in [9.17, 15) is 4.79 Å². The van der Waals surface area contributed by atoms with Crippen molar-refractivity contribution in [3.63, 3.8) is 0 Å². The molecule has 0 aliphatic heterocycles. The van der Waals surface area contributed by atoms with Crippen LogP contribution in [-0.4, -0.2) is 15.7 Å². The van der Waals surface area contributed by atoms with E-state index < -0.39 is 0 Å². The standard InChI is InChI=1S/C14H18N2O/c1-8-6-9(2)16(15-8)14(17)13-10(3)11-4-5-12(13)7-11/h4-6,10-13H,7H2,1-3H3. The van der Waals surface area contributed by atoms with Gasteiger partial charge in [-0.05, 0) is 44.1 Å². The number of carbonyl (C=O) groups excluding carboxylic acids is 1. The van der Waals surface area contributed by atoms with E-state index >= 15 is 0 Å². The van der Waals surface area contributed by atoms with Crippen molar-refractivity contribution in [2.24, 2.45) is 23.7 Å². The Morgan fingerprint density at radius 2 is 2.06 bits per heavy atom. The highest BCUT2D eigenvalue weighted by molar-refractivity contribution is 5.82. The van der Waals surface area contributed by atoms with E-state index in [1.807, 2.05) is 19.9 Å². The zero-order chi connectivity index (χ0) is 12.2. The summed E-state index contributed by atoms with van der Waals surface area (Å²) in [5, 5.41) is 4.32. The van der Waals surface area contributed by atoms with Crippen molar-refractivity contribution in [3.05, 3.63) is 29.6 Å². The number of carbonyl (C=O) groups is 1. The highest BCUT2D eigenvalue weighted by atomic mass is 16.2. The quantitative estimate of drug-likeness (QED) is 0.695. The molecule has 0 N–H and O–H groups in total. The fourth-order valence-electron chi connectivity index (χ4n) is 3.47. The normalized spacial score (nSPS) is 34.5. The largest absolute Gasteiger partial charge is 0.272 e. The van der Waals surface area contributed by atoms with E-state index in [2.05, 4.69) is 24.2 Å². The van der Waals surface area contributed by atoms with Gasteiger partial charge in [-0.15, -0.1) is 0 Å². The minimum atomic E-state index is 0.128. The van der Waals surface area contributed by atoms with Crippen molar-refractivity contribution in [2.45, 2.75) is 27.2 Å². The van der Waals surface area contributed by atoms with Crippen molar-refractivity contribution in [2.75, 3.05) is 0 Å². The lowest BCUT2D eigenvalue weighted by Crippen LogP contribution is -2.31. The van der Waals surface area contributed by atoms with Crippen molar-refractivity contribution < 1.29 is 4.79 Å². The van der Waals surface area contributed by atoms with Crippen molar-refractivity contribution in [1.29, 1.82) is 0 Å². The van der Waals surface area contributed by atoms with Crippen LogP contribution in [0.1, 0.15) is 29.5 Å². The molecule has 2 bridgehead atoms. The zero-order valence-electron chi connectivity index (χ0n) is 10.6. The second kappa shape index (κ2) is 3.56. The maximum atomic E-state index is 12.5. The second-order valence-electron chi connectivity index (χ2n) is 5.51. The molecule has 3 nitrogen and oxygen atoms in total. The monoisotopic (exact) mass is 230 g/mol. The summed E-state index contributed by atoms with van der Waals surface area (Å²) in [6.45, 7) is 6.08. The van der Waals surface area contributed by atoms with Gasteiger partial charge >= 0.3 is 0 Å². The van der Waals surface area contributed by atoms with Crippen LogP contribution < -0.4 is 0 Å². The van der Waals surface area contributed by atoms with E-state index in [0.717, 1.165) is 17.8 Å². The maximum absolute atomic E-state index is 12.5. The molecule has 1 fully saturated rings. The lowest BCUT2D eigenvalue weighted by molar-refractivity contribution is 0.0756. The Kier molecular flexibility index (Phi) is 2.25. The molecule has 1 aromatic rings. The Labute approximate surface area is 102 Å². The fourth-order valence-corrected chi connectivity index (χ4v) is 3.47. The van der Waals surface area contributed by atoms with Gasteiger partial charge < -0.3 is 0 Å². The number of aryl methyl sites for hydroxylation is 2. The van der Waals surface area contributed by atoms with Gasteiger partial charge in [0.25, 0.3) is 5.91 Å². The summed E-state index contributed by atoms with van der Waals surface area (Å²) in [4.78, 5) is 12.5.